The van der Waals surface area contributed by atoms with E-state index < -0.39 is 0 Å². The molecule has 1 heterocycles. The Kier molecular flexibility index (Phi) is 5.23. The molecule has 24 heavy (non-hydrogen) atoms. The molecular weight excluding hydrogens is 298 g/mol. The van der Waals surface area contributed by atoms with Gasteiger partial charge in [0, 0.05) is 11.1 Å². The maximum absolute atomic E-state index is 12.4. The number of H-pyrrole nitrogens is 1. The van der Waals surface area contributed by atoms with E-state index in [9.17, 15) is 10.1 Å². The second-order valence-corrected chi connectivity index (χ2v) is 7.07. The Morgan fingerprint density at radius 2 is 1.96 bits per heavy atom. The van der Waals surface area contributed by atoms with Crippen LogP contribution in [0, 0.1) is 11.3 Å². The van der Waals surface area contributed by atoms with Gasteiger partial charge in [-0.05, 0) is 29.9 Å². The van der Waals surface area contributed by atoms with Crippen LogP contribution in [0.3, 0.4) is 0 Å². The van der Waals surface area contributed by atoms with E-state index in [0.29, 0.717) is 17.8 Å². The summed E-state index contributed by atoms with van der Waals surface area (Å²) in [5.74, 6) is 0.539. The summed E-state index contributed by atoms with van der Waals surface area (Å²) in [6.07, 6.45) is 2.39. The largest absolute Gasteiger partial charge is 0.306 e. The van der Waals surface area contributed by atoms with Crippen molar-refractivity contribution in [3.63, 3.8) is 0 Å². The van der Waals surface area contributed by atoms with Gasteiger partial charge in [0.25, 0.3) is 5.56 Å². The van der Waals surface area contributed by atoms with E-state index in [-0.39, 0.29) is 11.0 Å². The van der Waals surface area contributed by atoms with Gasteiger partial charge >= 0.3 is 0 Å². The number of benzene rings is 1. The van der Waals surface area contributed by atoms with Crippen LogP contribution in [0.25, 0.3) is 11.4 Å². The van der Waals surface area contributed by atoms with Gasteiger partial charge in [0.15, 0.2) is 0 Å². The molecule has 2 aromatic rings. The minimum atomic E-state index is -0.107. The molecule has 0 aliphatic heterocycles. The number of nitriles is 1. The number of aromatic amines is 1. The van der Waals surface area contributed by atoms with E-state index in [4.69, 9.17) is 0 Å². The van der Waals surface area contributed by atoms with Crippen molar-refractivity contribution in [3.8, 4) is 17.5 Å². The Hall–Kier alpha value is -2.41. The van der Waals surface area contributed by atoms with Crippen molar-refractivity contribution in [2.45, 2.75) is 59.3 Å². The third kappa shape index (κ3) is 3.56. The molecule has 0 radical (unpaired) electrons. The van der Waals surface area contributed by atoms with Gasteiger partial charge in [0.05, 0.1) is 17.3 Å². The van der Waals surface area contributed by atoms with Gasteiger partial charge in [-0.3, -0.25) is 4.79 Å². The second kappa shape index (κ2) is 7.00. The Morgan fingerprint density at radius 3 is 2.50 bits per heavy atom. The first-order valence-electron chi connectivity index (χ1n) is 8.48. The molecule has 1 aromatic heterocycles. The number of nitrogens with one attached hydrogen (secondary N) is 1. The van der Waals surface area contributed by atoms with Crippen LogP contribution in [0.2, 0.25) is 0 Å². The Balaban J connectivity index is 2.61. The summed E-state index contributed by atoms with van der Waals surface area (Å²) in [5.41, 5.74) is 3.82. The molecule has 0 unspecified atom stereocenters. The smallest absolute Gasteiger partial charge is 0.254 e. The third-order valence-corrected chi connectivity index (χ3v) is 4.16. The van der Waals surface area contributed by atoms with Crippen LogP contribution in [-0.2, 0) is 18.3 Å². The quantitative estimate of drug-likeness (QED) is 0.920. The van der Waals surface area contributed by atoms with Gasteiger partial charge in [-0.2, -0.15) is 5.26 Å². The number of hydrogen-bond acceptors (Lipinski definition) is 3. The summed E-state index contributed by atoms with van der Waals surface area (Å²) < 4.78 is 0. The van der Waals surface area contributed by atoms with Gasteiger partial charge in [-0.25, -0.2) is 4.98 Å². The van der Waals surface area contributed by atoms with Crippen LogP contribution in [0.4, 0.5) is 0 Å². The van der Waals surface area contributed by atoms with E-state index in [1.165, 1.54) is 0 Å². The van der Waals surface area contributed by atoms with Gasteiger partial charge in [0.1, 0.15) is 5.82 Å². The lowest BCUT2D eigenvalue weighted by molar-refractivity contribution is 0.588. The highest BCUT2D eigenvalue weighted by Gasteiger charge is 2.19. The molecule has 1 N–H and O–H groups in total. The Labute approximate surface area is 143 Å². The highest BCUT2D eigenvalue weighted by molar-refractivity contribution is 5.60. The van der Waals surface area contributed by atoms with E-state index in [1.54, 1.807) is 0 Å². The van der Waals surface area contributed by atoms with Crippen molar-refractivity contribution >= 4 is 0 Å². The highest BCUT2D eigenvalue weighted by Crippen LogP contribution is 2.28. The van der Waals surface area contributed by atoms with Crippen molar-refractivity contribution in [1.29, 1.82) is 5.26 Å². The van der Waals surface area contributed by atoms with E-state index in [0.717, 1.165) is 35.2 Å². The predicted octanol–water partition coefficient (Wildman–Crippen LogP) is 4.12. The minimum Gasteiger partial charge on any atom is -0.306 e. The number of hydrogen-bond donors (Lipinski definition) is 1. The van der Waals surface area contributed by atoms with E-state index >= 15 is 0 Å². The van der Waals surface area contributed by atoms with Gasteiger partial charge < -0.3 is 4.98 Å². The van der Waals surface area contributed by atoms with Gasteiger partial charge in [0.2, 0.25) is 0 Å². The molecule has 0 aliphatic carbocycles. The fraction of sp³-hybridized carbons (Fsp3) is 0.450. The third-order valence-electron chi connectivity index (χ3n) is 4.16. The van der Waals surface area contributed by atoms with Gasteiger partial charge in [-0.15, -0.1) is 0 Å². The summed E-state index contributed by atoms with van der Waals surface area (Å²) in [4.78, 5) is 19.9. The van der Waals surface area contributed by atoms with Crippen molar-refractivity contribution in [2.75, 3.05) is 0 Å². The minimum absolute atomic E-state index is 0.0793. The van der Waals surface area contributed by atoms with E-state index in [1.807, 2.05) is 25.1 Å². The predicted molar refractivity (Wildman–Crippen MR) is 97.1 cm³/mol. The van der Waals surface area contributed by atoms with E-state index in [2.05, 4.69) is 43.7 Å². The molecule has 0 saturated heterocycles. The molecule has 4 heteroatoms. The topological polar surface area (TPSA) is 69.5 Å². The summed E-state index contributed by atoms with van der Waals surface area (Å²) >= 11 is 0. The standard InChI is InChI=1S/C20H25N3O/c1-6-8-17-15(7-2)19(24)23-18(22-17)13-9-10-16(20(3,4)5)14(11-13)12-21/h9-11H,6-8H2,1-5H3,(H,22,23,24). The van der Waals surface area contributed by atoms with Crippen LogP contribution in [-0.4, -0.2) is 9.97 Å². The molecule has 0 bridgehead atoms. The Bertz CT molecular complexity index is 835. The second-order valence-electron chi connectivity index (χ2n) is 7.07. The number of rotatable bonds is 4. The fourth-order valence-corrected chi connectivity index (χ4v) is 2.93. The average molecular weight is 323 g/mol. The number of aryl methyl sites for hydroxylation is 1. The molecule has 0 spiro atoms. The lowest BCUT2D eigenvalue weighted by Crippen LogP contribution is -2.18. The molecule has 2 rings (SSSR count). The lowest BCUT2D eigenvalue weighted by Gasteiger charge is -2.21. The number of nitrogens with zero attached hydrogens (tertiary/aromatic N) is 2. The molecule has 0 saturated carbocycles. The summed E-state index contributed by atoms with van der Waals surface area (Å²) in [7, 11) is 0. The first kappa shape index (κ1) is 17.9. The van der Waals surface area contributed by atoms with Crippen molar-refractivity contribution < 1.29 is 0 Å². The monoisotopic (exact) mass is 323 g/mol. The Morgan fingerprint density at radius 1 is 1.25 bits per heavy atom. The maximum Gasteiger partial charge on any atom is 0.254 e. The van der Waals surface area contributed by atoms with Crippen molar-refractivity contribution in [3.05, 3.63) is 50.9 Å². The first-order chi connectivity index (χ1) is 11.3. The average Bonchev–Trinajstić information content (AvgIpc) is 2.53. The summed E-state index contributed by atoms with van der Waals surface area (Å²) in [6, 6.07) is 7.98. The molecule has 0 atom stereocenters. The zero-order valence-corrected chi connectivity index (χ0v) is 15.2. The van der Waals surface area contributed by atoms with Crippen LogP contribution in [0.1, 0.15) is 63.4 Å². The van der Waals surface area contributed by atoms with Crippen molar-refractivity contribution in [2.24, 2.45) is 0 Å². The molecule has 0 fully saturated rings. The first-order valence-corrected chi connectivity index (χ1v) is 8.48. The molecule has 0 aliphatic rings. The fourth-order valence-electron chi connectivity index (χ4n) is 2.93. The van der Waals surface area contributed by atoms with Crippen LogP contribution in [0.15, 0.2) is 23.0 Å². The molecular formula is C20H25N3O. The normalized spacial score (nSPS) is 11.3. The maximum atomic E-state index is 12.4. The van der Waals surface area contributed by atoms with Crippen molar-refractivity contribution in [1.82, 2.24) is 9.97 Å². The molecule has 126 valence electrons. The molecule has 0 amide bonds. The SMILES string of the molecule is CCCc1nc(-c2ccc(C(C)(C)C)c(C#N)c2)[nH]c(=O)c1CC. The van der Waals surface area contributed by atoms with Crippen LogP contribution < -0.4 is 5.56 Å². The zero-order valence-electron chi connectivity index (χ0n) is 15.2. The summed E-state index contributed by atoms with van der Waals surface area (Å²) in [5, 5.41) is 9.49. The highest BCUT2D eigenvalue weighted by atomic mass is 16.1. The zero-order chi connectivity index (χ0) is 17.9. The molecule has 1 aromatic carbocycles. The van der Waals surface area contributed by atoms with Gasteiger partial charge in [-0.1, -0.05) is 53.2 Å². The van der Waals surface area contributed by atoms with Crippen LogP contribution >= 0.6 is 0 Å². The lowest BCUT2D eigenvalue weighted by atomic mass is 9.83. The summed E-state index contributed by atoms with van der Waals surface area (Å²) in [6.45, 7) is 10.3. The number of aromatic nitrogens is 2. The molecule has 4 nitrogen and oxygen atoms in total. The van der Waals surface area contributed by atoms with Crippen LogP contribution in [0.5, 0.6) is 0 Å².